The first-order valence-corrected chi connectivity index (χ1v) is 10.8. The van der Waals surface area contributed by atoms with Gasteiger partial charge in [-0.05, 0) is 6.42 Å². The van der Waals surface area contributed by atoms with Crippen molar-refractivity contribution >= 4 is 11.6 Å². The van der Waals surface area contributed by atoms with Crippen LogP contribution in [0.1, 0.15) is 122 Å². The lowest BCUT2D eigenvalue weighted by molar-refractivity contribution is -0.133. The molecule has 1 aliphatic carbocycles. The highest BCUT2D eigenvalue weighted by Crippen LogP contribution is 2.23. The third-order valence-corrected chi connectivity index (χ3v) is 5.49. The molecule has 1 saturated carbocycles. The highest BCUT2D eigenvalue weighted by Gasteiger charge is 2.26. The average Bonchev–Trinajstić information content (AvgIpc) is 2.58. The summed E-state index contributed by atoms with van der Waals surface area (Å²) in [6.07, 6.45) is 21.5. The van der Waals surface area contributed by atoms with Crippen LogP contribution in [0.3, 0.4) is 0 Å². The maximum Gasteiger partial charge on any atom is 0.136 e. The molecule has 0 radical (unpaired) electrons. The zero-order valence-electron chi connectivity index (χ0n) is 16.1. The van der Waals surface area contributed by atoms with Crippen molar-refractivity contribution in [2.24, 2.45) is 5.92 Å². The highest BCUT2D eigenvalue weighted by molar-refractivity contribution is 5.94. The van der Waals surface area contributed by atoms with Crippen LogP contribution in [-0.4, -0.2) is 11.6 Å². The number of hydrogen-bond acceptors (Lipinski definition) is 2. The summed E-state index contributed by atoms with van der Waals surface area (Å²) in [5.74, 6) is 0.692. The molecule has 2 nitrogen and oxygen atoms in total. The first kappa shape index (κ1) is 21.4. The van der Waals surface area contributed by atoms with Gasteiger partial charge in [0, 0.05) is 25.2 Å². The second-order valence-corrected chi connectivity index (χ2v) is 7.79. The van der Waals surface area contributed by atoms with Crippen LogP contribution >= 0.6 is 0 Å². The lowest BCUT2D eigenvalue weighted by atomic mass is 9.83. The van der Waals surface area contributed by atoms with Gasteiger partial charge in [0.25, 0.3) is 0 Å². The minimum atomic E-state index is 0.0589. The normalized spacial score (nSPS) is 18.3. The van der Waals surface area contributed by atoms with E-state index in [1.807, 2.05) is 0 Å². The van der Waals surface area contributed by atoms with Gasteiger partial charge >= 0.3 is 0 Å². The fraction of sp³-hybridized carbons (Fsp3) is 0.909. The number of unbranched alkanes of at least 4 members (excludes halogenated alkanes) is 13. The molecule has 0 amide bonds. The quantitative estimate of drug-likeness (QED) is 0.308. The minimum Gasteiger partial charge on any atom is -0.300 e. The molecule has 0 spiro atoms. The van der Waals surface area contributed by atoms with Gasteiger partial charge in [0.05, 0.1) is 0 Å². The molecular weight excluding hydrogens is 296 g/mol. The standard InChI is InChI=1S/C22H40O2/c1-2-3-4-5-6-7-8-9-10-11-12-13-14-15-16-20-19-21(23)17-18-22(20)24/h20H,2-19H2,1H3. The molecule has 0 aromatic heterocycles. The average molecular weight is 337 g/mol. The third-order valence-electron chi connectivity index (χ3n) is 5.49. The van der Waals surface area contributed by atoms with Crippen LogP contribution in [0.25, 0.3) is 0 Å². The van der Waals surface area contributed by atoms with Crippen LogP contribution in [-0.2, 0) is 9.59 Å². The Hall–Kier alpha value is -0.660. The molecule has 1 fully saturated rings. The summed E-state index contributed by atoms with van der Waals surface area (Å²) in [6, 6.07) is 0. The number of Topliss-reactive ketones (excluding diaryl/α,β-unsaturated/α-hetero) is 2. The van der Waals surface area contributed by atoms with Gasteiger partial charge in [-0.15, -0.1) is 0 Å². The van der Waals surface area contributed by atoms with Crippen molar-refractivity contribution in [3.05, 3.63) is 0 Å². The number of ketones is 2. The van der Waals surface area contributed by atoms with Crippen molar-refractivity contribution in [3.8, 4) is 0 Å². The lowest BCUT2D eigenvalue weighted by Gasteiger charge is -2.19. The minimum absolute atomic E-state index is 0.0589. The molecule has 1 unspecified atom stereocenters. The fourth-order valence-electron chi connectivity index (χ4n) is 3.81. The largest absolute Gasteiger partial charge is 0.300 e. The van der Waals surface area contributed by atoms with Crippen molar-refractivity contribution < 1.29 is 9.59 Å². The van der Waals surface area contributed by atoms with Crippen LogP contribution in [0.4, 0.5) is 0 Å². The molecule has 140 valence electrons. The third kappa shape index (κ3) is 11.0. The van der Waals surface area contributed by atoms with Crippen LogP contribution in [0.2, 0.25) is 0 Å². The summed E-state index contributed by atoms with van der Waals surface area (Å²) in [4.78, 5) is 23.2. The van der Waals surface area contributed by atoms with Crippen molar-refractivity contribution in [1.29, 1.82) is 0 Å². The summed E-state index contributed by atoms with van der Waals surface area (Å²) >= 11 is 0. The Morgan fingerprint density at radius 2 is 1.12 bits per heavy atom. The summed E-state index contributed by atoms with van der Waals surface area (Å²) in [6.45, 7) is 2.27. The Kier molecular flexibility index (Phi) is 13.1. The molecule has 0 aliphatic heterocycles. The van der Waals surface area contributed by atoms with Gasteiger partial charge in [0.1, 0.15) is 11.6 Å². The van der Waals surface area contributed by atoms with E-state index in [0.29, 0.717) is 30.8 Å². The second kappa shape index (κ2) is 14.7. The molecule has 1 aliphatic rings. The smallest absolute Gasteiger partial charge is 0.136 e. The van der Waals surface area contributed by atoms with Gasteiger partial charge in [-0.3, -0.25) is 9.59 Å². The van der Waals surface area contributed by atoms with Crippen LogP contribution in [0.5, 0.6) is 0 Å². The molecule has 0 bridgehead atoms. The Labute approximate surface area is 150 Å². The molecule has 1 rings (SSSR count). The molecule has 2 heteroatoms. The molecular formula is C22H40O2. The molecule has 0 N–H and O–H groups in total. The first-order chi connectivity index (χ1) is 11.7. The number of rotatable bonds is 15. The van der Waals surface area contributed by atoms with E-state index in [2.05, 4.69) is 6.92 Å². The Bertz CT molecular complexity index is 335. The topological polar surface area (TPSA) is 34.1 Å². The molecule has 0 saturated heterocycles. The van der Waals surface area contributed by atoms with Gasteiger partial charge in [0.15, 0.2) is 0 Å². The van der Waals surface area contributed by atoms with Crippen molar-refractivity contribution in [2.75, 3.05) is 0 Å². The summed E-state index contributed by atoms with van der Waals surface area (Å²) in [5, 5.41) is 0. The molecule has 0 aromatic rings. The second-order valence-electron chi connectivity index (χ2n) is 7.79. The van der Waals surface area contributed by atoms with E-state index in [1.165, 1.54) is 83.5 Å². The lowest BCUT2D eigenvalue weighted by Crippen LogP contribution is -2.24. The Balaban J connectivity index is 1.79. The maximum atomic E-state index is 11.8. The van der Waals surface area contributed by atoms with Gasteiger partial charge in [-0.25, -0.2) is 0 Å². The van der Waals surface area contributed by atoms with Gasteiger partial charge in [0.2, 0.25) is 0 Å². The molecule has 1 atom stereocenters. The molecule has 0 aromatic carbocycles. The van der Waals surface area contributed by atoms with Crippen molar-refractivity contribution in [3.63, 3.8) is 0 Å². The van der Waals surface area contributed by atoms with E-state index in [4.69, 9.17) is 0 Å². The van der Waals surface area contributed by atoms with Gasteiger partial charge in [-0.1, -0.05) is 96.8 Å². The van der Waals surface area contributed by atoms with E-state index in [9.17, 15) is 9.59 Å². The summed E-state index contributed by atoms with van der Waals surface area (Å²) < 4.78 is 0. The maximum absolute atomic E-state index is 11.8. The summed E-state index contributed by atoms with van der Waals surface area (Å²) in [5.41, 5.74) is 0. The van der Waals surface area contributed by atoms with Crippen molar-refractivity contribution in [2.45, 2.75) is 122 Å². The number of carbonyl (C=O) groups excluding carboxylic acids is 2. The van der Waals surface area contributed by atoms with E-state index in [-0.39, 0.29) is 5.92 Å². The summed E-state index contributed by atoms with van der Waals surface area (Å²) in [7, 11) is 0. The van der Waals surface area contributed by atoms with Crippen LogP contribution in [0, 0.1) is 5.92 Å². The van der Waals surface area contributed by atoms with E-state index >= 15 is 0 Å². The van der Waals surface area contributed by atoms with Crippen LogP contribution in [0.15, 0.2) is 0 Å². The van der Waals surface area contributed by atoms with Crippen LogP contribution < -0.4 is 0 Å². The van der Waals surface area contributed by atoms with Crippen molar-refractivity contribution in [1.82, 2.24) is 0 Å². The zero-order valence-corrected chi connectivity index (χ0v) is 16.1. The SMILES string of the molecule is CCCCCCCCCCCCCCCCC1CC(=O)CCC1=O. The predicted octanol–water partition coefficient (Wildman–Crippen LogP) is 6.80. The molecule has 0 heterocycles. The predicted molar refractivity (Wildman–Crippen MR) is 102 cm³/mol. The number of carbonyl (C=O) groups is 2. The fourth-order valence-corrected chi connectivity index (χ4v) is 3.81. The zero-order chi connectivity index (χ0) is 17.5. The van der Waals surface area contributed by atoms with E-state index in [0.717, 1.165) is 12.8 Å². The van der Waals surface area contributed by atoms with E-state index in [1.54, 1.807) is 0 Å². The monoisotopic (exact) mass is 336 g/mol. The van der Waals surface area contributed by atoms with E-state index < -0.39 is 0 Å². The highest BCUT2D eigenvalue weighted by atomic mass is 16.1. The Morgan fingerprint density at radius 3 is 1.62 bits per heavy atom. The van der Waals surface area contributed by atoms with Gasteiger partial charge in [-0.2, -0.15) is 0 Å². The van der Waals surface area contributed by atoms with Gasteiger partial charge < -0.3 is 0 Å². The first-order valence-electron chi connectivity index (χ1n) is 10.8. The Morgan fingerprint density at radius 1 is 0.667 bits per heavy atom. The molecule has 24 heavy (non-hydrogen) atoms. The number of hydrogen-bond donors (Lipinski definition) is 0.